The third-order valence-electron chi connectivity index (χ3n) is 4.51. The van der Waals surface area contributed by atoms with E-state index in [1.165, 1.54) is 30.3 Å². The minimum absolute atomic E-state index is 0.223. The van der Waals surface area contributed by atoms with Crippen molar-refractivity contribution in [2.75, 3.05) is 38.1 Å². The highest BCUT2D eigenvalue weighted by Crippen LogP contribution is 2.30. The number of hydrogen-bond acceptors (Lipinski definition) is 5. The second kappa shape index (κ2) is 11.6. The van der Waals surface area contributed by atoms with E-state index in [0.717, 1.165) is 43.0 Å². The van der Waals surface area contributed by atoms with Crippen LogP contribution in [0.2, 0.25) is 4.34 Å². The van der Waals surface area contributed by atoms with E-state index >= 15 is 0 Å². The molecule has 0 bridgehead atoms. The summed E-state index contributed by atoms with van der Waals surface area (Å²) < 4.78 is 33.0. The predicted molar refractivity (Wildman–Crippen MR) is 123 cm³/mol. The van der Waals surface area contributed by atoms with Crippen LogP contribution in [0.3, 0.4) is 0 Å². The molecule has 1 aromatic carbocycles. The molecule has 0 atom stereocenters. The average molecular weight is 457 g/mol. The molecule has 0 saturated heterocycles. The lowest BCUT2D eigenvalue weighted by molar-refractivity contribution is 0.300. The molecule has 0 spiro atoms. The fourth-order valence-electron chi connectivity index (χ4n) is 2.80. The molecule has 0 aliphatic carbocycles. The van der Waals surface area contributed by atoms with Crippen molar-refractivity contribution in [2.45, 2.75) is 29.9 Å². The number of benzene rings is 1. The third-order valence-corrected chi connectivity index (χ3v) is 7.99. The summed E-state index contributed by atoms with van der Waals surface area (Å²) >= 11 is 6.91. The molecule has 1 heterocycles. The second-order valence-corrected chi connectivity index (χ2v) is 10.7. The van der Waals surface area contributed by atoms with Crippen LogP contribution in [-0.2, 0) is 10.0 Å². The van der Waals surface area contributed by atoms with Crippen LogP contribution in [0.4, 0.5) is 5.69 Å². The molecule has 1 aromatic heterocycles. The maximum absolute atomic E-state index is 12.6. The first-order valence-corrected chi connectivity index (χ1v) is 12.2. The van der Waals surface area contributed by atoms with E-state index in [-0.39, 0.29) is 4.21 Å². The third kappa shape index (κ3) is 7.33. The molecule has 0 N–H and O–H groups in total. The van der Waals surface area contributed by atoms with Gasteiger partial charge in [-0.25, -0.2) is 8.42 Å². The Balaban J connectivity index is 1.75. The number of rotatable bonds is 13. The number of sulfonamides is 1. The van der Waals surface area contributed by atoms with Crippen LogP contribution in [0, 0.1) is 0 Å². The lowest BCUT2D eigenvalue weighted by Gasteiger charge is -2.18. The van der Waals surface area contributed by atoms with Crippen LogP contribution in [0.25, 0.3) is 0 Å². The maximum Gasteiger partial charge on any atom is 0.273 e. The van der Waals surface area contributed by atoms with Gasteiger partial charge in [-0.1, -0.05) is 30.5 Å². The van der Waals surface area contributed by atoms with Crippen molar-refractivity contribution in [3.8, 4) is 5.75 Å². The Kier molecular flexibility index (Phi) is 9.49. The Morgan fingerprint density at radius 1 is 1.07 bits per heavy atom. The molecular formula is C21H29ClN2O3S2. The molecule has 0 aliphatic heterocycles. The van der Waals surface area contributed by atoms with Gasteiger partial charge in [-0.3, -0.25) is 4.31 Å². The highest BCUT2D eigenvalue weighted by atomic mass is 35.5. The summed E-state index contributed by atoms with van der Waals surface area (Å²) in [5.74, 6) is 0.740. The highest BCUT2D eigenvalue weighted by Gasteiger charge is 2.23. The molecule has 0 aliphatic rings. The van der Waals surface area contributed by atoms with E-state index in [9.17, 15) is 8.42 Å². The minimum Gasteiger partial charge on any atom is -0.494 e. The van der Waals surface area contributed by atoms with E-state index in [4.69, 9.17) is 16.3 Å². The summed E-state index contributed by atoms with van der Waals surface area (Å²) in [6.45, 7) is 6.41. The summed E-state index contributed by atoms with van der Waals surface area (Å²) in [6.07, 6.45) is 6.41. The van der Waals surface area contributed by atoms with Gasteiger partial charge in [0.25, 0.3) is 10.0 Å². The molecule has 0 unspecified atom stereocenters. The van der Waals surface area contributed by atoms with Gasteiger partial charge in [-0.15, -0.1) is 17.9 Å². The Morgan fingerprint density at radius 2 is 1.76 bits per heavy atom. The van der Waals surface area contributed by atoms with E-state index < -0.39 is 10.0 Å². The fraction of sp³-hybridized carbons (Fsp3) is 0.429. The molecule has 2 rings (SSSR count). The number of ether oxygens (including phenoxy) is 1. The van der Waals surface area contributed by atoms with Gasteiger partial charge in [0.2, 0.25) is 0 Å². The van der Waals surface area contributed by atoms with E-state index in [1.807, 2.05) is 6.08 Å². The number of hydrogen-bond donors (Lipinski definition) is 0. The van der Waals surface area contributed by atoms with Crippen LogP contribution in [0.5, 0.6) is 5.75 Å². The van der Waals surface area contributed by atoms with Crippen molar-refractivity contribution in [3.05, 3.63) is 53.4 Å². The summed E-state index contributed by atoms with van der Waals surface area (Å²) in [4.78, 5) is 2.26. The SMILES string of the molecule is C=CCN(C)CCCCCCOc1ccc(N(C)S(=O)(=O)c2ccc(Cl)s2)cc1. The summed E-state index contributed by atoms with van der Waals surface area (Å²) in [7, 11) is 0.0308. The molecule has 8 heteroatoms. The number of nitrogens with zero attached hydrogens (tertiary/aromatic N) is 2. The summed E-state index contributed by atoms with van der Waals surface area (Å²) in [5, 5.41) is 0. The van der Waals surface area contributed by atoms with Gasteiger partial charge in [0.1, 0.15) is 9.96 Å². The van der Waals surface area contributed by atoms with Crippen LogP contribution >= 0.6 is 22.9 Å². The minimum atomic E-state index is -3.61. The number of anilines is 1. The molecule has 0 radical (unpaired) electrons. The standard InChI is InChI=1S/C21H29ClN2O3S2/c1-4-15-23(2)16-7-5-6-8-17-27-19-11-9-18(10-12-19)24(3)29(25,26)21-14-13-20(22)28-21/h4,9-14H,1,5-8,15-17H2,2-3H3. The highest BCUT2D eigenvalue weighted by molar-refractivity contribution is 7.94. The Labute approximate surface area is 183 Å². The van der Waals surface area contributed by atoms with E-state index in [1.54, 1.807) is 30.3 Å². The van der Waals surface area contributed by atoms with Crippen molar-refractivity contribution in [1.29, 1.82) is 0 Å². The van der Waals surface area contributed by atoms with Crippen LogP contribution in [0.15, 0.2) is 53.3 Å². The van der Waals surface area contributed by atoms with Gasteiger partial charge in [-0.05, 0) is 62.8 Å². The molecule has 2 aromatic rings. The molecular weight excluding hydrogens is 428 g/mol. The van der Waals surface area contributed by atoms with Gasteiger partial charge in [-0.2, -0.15) is 0 Å². The van der Waals surface area contributed by atoms with Crippen LogP contribution in [-0.4, -0.2) is 47.1 Å². The van der Waals surface area contributed by atoms with Gasteiger partial charge in [0.05, 0.1) is 16.6 Å². The monoisotopic (exact) mass is 456 g/mol. The molecule has 29 heavy (non-hydrogen) atoms. The van der Waals surface area contributed by atoms with Crippen molar-refractivity contribution >= 4 is 38.6 Å². The summed E-state index contributed by atoms with van der Waals surface area (Å²) in [6, 6.07) is 10.2. The van der Waals surface area contributed by atoms with Gasteiger partial charge < -0.3 is 9.64 Å². The number of likely N-dealkylation sites (N-methyl/N-ethyl adjacent to an activating group) is 1. The molecule has 0 saturated carbocycles. The van der Waals surface area contributed by atoms with Crippen molar-refractivity contribution in [3.63, 3.8) is 0 Å². The maximum atomic E-state index is 12.6. The first-order chi connectivity index (χ1) is 13.8. The molecule has 0 amide bonds. The Morgan fingerprint density at radius 3 is 2.38 bits per heavy atom. The lowest BCUT2D eigenvalue weighted by Crippen LogP contribution is -2.25. The second-order valence-electron chi connectivity index (χ2n) is 6.84. The van der Waals surface area contributed by atoms with E-state index in [2.05, 4.69) is 18.5 Å². The Bertz CT molecular complexity index is 866. The number of thiophene rings is 1. The number of halogens is 1. The quantitative estimate of drug-likeness (QED) is 0.304. The fourth-order valence-corrected chi connectivity index (χ4v) is 5.65. The predicted octanol–water partition coefficient (Wildman–Crippen LogP) is 5.28. The summed E-state index contributed by atoms with van der Waals surface area (Å²) in [5.41, 5.74) is 0.575. The van der Waals surface area contributed by atoms with Gasteiger partial charge in [0.15, 0.2) is 0 Å². The zero-order valence-corrected chi connectivity index (χ0v) is 19.4. The van der Waals surface area contributed by atoms with Crippen molar-refractivity contribution in [1.82, 2.24) is 4.90 Å². The average Bonchev–Trinajstić information content (AvgIpc) is 3.14. The zero-order chi connectivity index (χ0) is 21.3. The van der Waals surface area contributed by atoms with Crippen molar-refractivity contribution in [2.24, 2.45) is 0 Å². The van der Waals surface area contributed by atoms with E-state index in [0.29, 0.717) is 16.6 Å². The molecule has 160 valence electrons. The van der Waals surface area contributed by atoms with Crippen LogP contribution in [0.1, 0.15) is 25.7 Å². The van der Waals surface area contributed by atoms with Crippen molar-refractivity contribution < 1.29 is 13.2 Å². The first-order valence-electron chi connectivity index (χ1n) is 9.61. The van der Waals surface area contributed by atoms with Gasteiger partial charge in [0, 0.05) is 13.6 Å². The zero-order valence-electron chi connectivity index (χ0n) is 17.0. The Hall–Kier alpha value is -1.54. The topological polar surface area (TPSA) is 49.9 Å². The largest absolute Gasteiger partial charge is 0.494 e. The number of unbranched alkanes of at least 4 members (excludes halogenated alkanes) is 3. The lowest BCUT2D eigenvalue weighted by atomic mass is 10.2. The molecule has 5 nitrogen and oxygen atoms in total. The normalized spacial score (nSPS) is 11.6. The van der Waals surface area contributed by atoms with Gasteiger partial charge >= 0.3 is 0 Å². The van der Waals surface area contributed by atoms with Crippen LogP contribution < -0.4 is 9.04 Å². The first kappa shape index (κ1) is 23.7. The molecule has 0 fully saturated rings. The smallest absolute Gasteiger partial charge is 0.273 e.